The Morgan fingerprint density at radius 1 is 1.35 bits per heavy atom. The van der Waals surface area contributed by atoms with Gasteiger partial charge in [-0.15, -0.1) is 0 Å². The quantitative estimate of drug-likeness (QED) is 0.823. The van der Waals surface area contributed by atoms with Gasteiger partial charge in [-0.2, -0.15) is 4.39 Å². The average Bonchev–Trinajstić information content (AvgIpc) is 2.39. The normalized spacial score (nSPS) is 10.3. The van der Waals surface area contributed by atoms with Crippen molar-refractivity contribution in [3.8, 4) is 0 Å². The molecule has 0 aliphatic heterocycles. The van der Waals surface area contributed by atoms with Gasteiger partial charge in [0.1, 0.15) is 0 Å². The van der Waals surface area contributed by atoms with E-state index in [9.17, 15) is 9.18 Å². The number of carboxylic acid groups (broad SMARTS) is 1. The van der Waals surface area contributed by atoms with E-state index in [-0.39, 0.29) is 6.42 Å². The zero-order valence-electron chi connectivity index (χ0n) is 11.1. The maximum atomic E-state index is 12.9. The van der Waals surface area contributed by atoms with E-state index < -0.39 is 11.9 Å². The van der Waals surface area contributed by atoms with E-state index in [2.05, 4.69) is 10.3 Å². The summed E-state index contributed by atoms with van der Waals surface area (Å²) in [6, 6.07) is 8.58. The van der Waals surface area contributed by atoms with Crippen molar-refractivity contribution >= 4 is 11.7 Å². The van der Waals surface area contributed by atoms with Crippen LogP contribution < -0.4 is 5.32 Å². The summed E-state index contributed by atoms with van der Waals surface area (Å²) in [5.41, 5.74) is 3.39. The molecule has 104 valence electrons. The molecule has 0 saturated heterocycles. The van der Waals surface area contributed by atoms with E-state index in [1.165, 1.54) is 12.3 Å². The van der Waals surface area contributed by atoms with Crippen LogP contribution in [-0.4, -0.2) is 16.1 Å². The number of hydrogen-bond acceptors (Lipinski definition) is 3. The van der Waals surface area contributed by atoms with Crippen LogP contribution in [0.15, 0.2) is 36.5 Å². The zero-order valence-corrected chi connectivity index (χ0v) is 11.1. The fraction of sp³-hybridized carbons (Fsp3) is 0.200. The number of carbonyl (C=O) groups is 1. The molecule has 0 bridgehead atoms. The first-order valence-electron chi connectivity index (χ1n) is 6.20. The molecule has 2 N–H and O–H groups in total. The maximum Gasteiger partial charge on any atom is 0.307 e. The molecule has 0 unspecified atom stereocenters. The fourth-order valence-corrected chi connectivity index (χ4v) is 1.85. The highest BCUT2D eigenvalue weighted by Gasteiger charge is 2.03. The molecule has 20 heavy (non-hydrogen) atoms. The van der Waals surface area contributed by atoms with E-state index in [0.717, 1.165) is 22.4 Å². The number of hydrogen-bond donors (Lipinski definition) is 2. The van der Waals surface area contributed by atoms with Crippen LogP contribution >= 0.6 is 0 Å². The third-order valence-electron chi connectivity index (χ3n) is 2.98. The number of pyridine rings is 1. The molecule has 2 aromatic rings. The number of carboxylic acids is 1. The minimum Gasteiger partial charge on any atom is -0.481 e. The van der Waals surface area contributed by atoms with E-state index in [1.54, 1.807) is 12.1 Å². The van der Waals surface area contributed by atoms with Gasteiger partial charge in [0.2, 0.25) is 5.95 Å². The molecule has 0 amide bonds. The summed E-state index contributed by atoms with van der Waals surface area (Å²) in [5, 5.41) is 11.9. The number of anilines is 1. The zero-order chi connectivity index (χ0) is 14.5. The SMILES string of the molecule is Cc1cc(F)ncc1CNc1ccc(CC(=O)O)cc1. The van der Waals surface area contributed by atoms with Crippen LogP contribution in [0.3, 0.4) is 0 Å². The Bertz CT molecular complexity index is 612. The predicted octanol–water partition coefficient (Wildman–Crippen LogP) is 2.77. The Hall–Kier alpha value is -2.43. The third kappa shape index (κ3) is 3.78. The van der Waals surface area contributed by atoms with Crippen molar-refractivity contribution in [2.75, 3.05) is 5.32 Å². The molecule has 0 fully saturated rings. The highest BCUT2D eigenvalue weighted by molar-refractivity contribution is 5.70. The number of halogens is 1. The van der Waals surface area contributed by atoms with Gasteiger partial charge in [-0.05, 0) is 41.8 Å². The van der Waals surface area contributed by atoms with Gasteiger partial charge in [-0.3, -0.25) is 4.79 Å². The largest absolute Gasteiger partial charge is 0.481 e. The van der Waals surface area contributed by atoms with Crippen LogP contribution in [0.2, 0.25) is 0 Å². The van der Waals surface area contributed by atoms with E-state index >= 15 is 0 Å². The highest BCUT2D eigenvalue weighted by atomic mass is 19.1. The lowest BCUT2D eigenvalue weighted by molar-refractivity contribution is -0.136. The molecule has 0 aliphatic rings. The second-order valence-electron chi connectivity index (χ2n) is 4.55. The average molecular weight is 274 g/mol. The van der Waals surface area contributed by atoms with E-state index in [1.807, 2.05) is 19.1 Å². The molecule has 0 radical (unpaired) electrons. The van der Waals surface area contributed by atoms with Crippen LogP contribution in [0.1, 0.15) is 16.7 Å². The van der Waals surface area contributed by atoms with Gasteiger partial charge in [0, 0.05) is 18.4 Å². The summed E-state index contributed by atoms with van der Waals surface area (Å²) in [6.07, 6.45) is 1.53. The van der Waals surface area contributed by atoms with Crippen LogP contribution in [0.5, 0.6) is 0 Å². The molecule has 4 nitrogen and oxygen atoms in total. The smallest absolute Gasteiger partial charge is 0.307 e. The molecule has 5 heteroatoms. The maximum absolute atomic E-state index is 12.9. The Labute approximate surface area is 116 Å². The Balaban J connectivity index is 1.98. The molecule has 1 aromatic heterocycles. The Morgan fingerprint density at radius 2 is 2.05 bits per heavy atom. The monoisotopic (exact) mass is 274 g/mol. The first kappa shape index (κ1) is 14.0. The van der Waals surface area contributed by atoms with Crippen molar-refractivity contribution in [2.45, 2.75) is 19.9 Å². The van der Waals surface area contributed by atoms with Crippen molar-refractivity contribution < 1.29 is 14.3 Å². The molecule has 0 aliphatic carbocycles. The Kier molecular flexibility index (Phi) is 4.30. The van der Waals surface area contributed by atoms with Crippen molar-refractivity contribution in [3.63, 3.8) is 0 Å². The fourth-order valence-electron chi connectivity index (χ4n) is 1.85. The lowest BCUT2D eigenvalue weighted by Gasteiger charge is -2.09. The standard InChI is InChI=1S/C15H15FN2O2/c1-10-6-14(16)18-9-12(10)8-17-13-4-2-11(3-5-13)7-15(19)20/h2-6,9,17H,7-8H2,1H3,(H,19,20). The van der Waals surface area contributed by atoms with Crippen molar-refractivity contribution in [3.05, 3.63) is 59.2 Å². The van der Waals surface area contributed by atoms with Gasteiger partial charge >= 0.3 is 5.97 Å². The van der Waals surface area contributed by atoms with Gasteiger partial charge in [0.25, 0.3) is 0 Å². The topological polar surface area (TPSA) is 62.2 Å². The predicted molar refractivity (Wildman–Crippen MR) is 74.0 cm³/mol. The molecular formula is C15H15FN2O2. The number of aryl methyl sites for hydroxylation is 1. The van der Waals surface area contributed by atoms with E-state index in [4.69, 9.17) is 5.11 Å². The molecule has 0 spiro atoms. The van der Waals surface area contributed by atoms with Gasteiger partial charge in [0.15, 0.2) is 0 Å². The number of aromatic nitrogens is 1. The number of aliphatic carboxylic acids is 1. The van der Waals surface area contributed by atoms with Crippen LogP contribution in [0, 0.1) is 12.9 Å². The van der Waals surface area contributed by atoms with Crippen molar-refractivity contribution in [1.82, 2.24) is 4.98 Å². The second kappa shape index (κ2) is 6.14. The van der Waals surface area contributed by atoms with Crippen molar-refractivity contribution in [2.24, 2.45) is 0 Å². The van der Waals surface area contributed by atoms with Gasteiger partial charge in [-0.1, -0.05) is 12.1 Å². The molecule has 0 atom stereocenters. The number of nitrogens with one attached hydrogen (secondary N) is 1. The molecule has 0 saturated carbocycles. The number of benzene rings is 1. The Morgan fingerprint density at radius 3 is 2.65 bits per heavy atom. The molecule has 1 aromatic carbocycles. The first-order valence-corrected chi connectivity index (χ1v) is 6.20. The minimum absolute atomic E-state index is 0.0151. The van der Waals surface area contributed by atoms with Gasteiger partial charge in [-0.25, -0.2) is 4.98 Å². The van der Waals surface area contributed by atoms with Crippen LogP contribution in [0.25, 0.3) is 0 Å². The summed E-state index contributed by atoms with van der Waals surface area (Å²) < 4.78 is 12.9. The molecule has 1 heterocycles. The third-order valence-corrected chi connectivity index (χ3v) is 2.98. The minimum atomic E-state index is -0.848. The van der Waals surface area contributed by atoms with Crippen LogP contribution in [0.4, 0.5) is 10.1 Å². The first-order chi connectivity index (χ1) is 9.54. The summed E-state index contributed by atoms with van der Waals surface area (Å²) >= 11 is 0. The second-order valence-corrected chi connectivity index (χ2v) is 4.55. The summed E-state index contributed by atoms with van der Waals surface area (Å²) in [6.45, 7) is 2.37. The lowest BCUT2D eigenvalue weighted by Crippen LogP contribution is -2.03. The molecular weight excluding hydrogens is 259 g/mol. The van der Waals surface area contributed by atoms with Gasteiger partial charge in [0.05, 0.1) is 6.42 Å². The summed E-state index contributed by atoms with van der Waals surface area (Å²) in [7, 11) is 0. The summed E-state index contributed by atoms with van der Waals surface area (Å²) in [4.78, 5) is 14.2. The summed E-state index contributed by atoms with van der Waals surface area (Å²) in [5.74, 6) is -1.33. The van der Waals surface area contributed by atoms with Crippen LogP contribution in [-0.2, 0) is 17.8 Å². The highest BCUT2D eigenvalue weighted by Crippen LogP contribution is 2.13. The number of rotatable bonds is 5. The lowest BCUT2D eigenvalue weighted by atomic mass is 10.1. The number of nitrogens with zero attached hydrogens (tertiary/aromatic N) is 1. The van der Waals surface area contributed by atoms with Gasteiger partial charge < -0.3 is 10.4 Å². The van der Waals surface area contributed by atoms with Crippen molar-refractivity contribution in [1.29, 1.82) is 0 Å². The molecule has 2 rings (SSSR count). The van der Waals surface area contributed by atoms with E-state index in [0.29, 0.717) is 6.54 Å².